The van der Waals surface area contributed by atoms with Crippen LogP contribution in [-0.4, -0.2) is 6.41 Å². The van der Waals surface area contributed by atoms with Crippen molar-refractivity contribution < 1.29 is 4.79 Å². The SMILES string of the molecule is O=CNc1ccccc2cccc1-2. The molecule has 0 atom stereocenters. The summed E-state index contributed by atoms with van der Waals surface area (Å²) in [6.45, 7) is 0. The lowest BCUT2D eigenvalue weighted by molar-refractivity contribution is -0.105. The third kappa shape index (κ3) is 1.38. The molecule has 0 spiro atoms. The monoisotopic (exact) mass is 171 g/mol. The number of nitrogens with one attached hydrogen (secondary N) is 1. The third-order valence-corrected chi connectivity index (χ3v) is 2.00. The zero-order chi connectivity index (χ0) is 9.10. The van der Waals surface area contributed by atoms with Crippen molar-refractivity contribution in [3.8, 4) is 11.1 Å². The summed E-state index contributed by atoms with van der Waals surface area (Å²) in [7, 11) is 0. The molecule has 0 saturated carbocycles. The quantitative estimate of drug-likeness (QED) is 0.690. The number of hydrogen-bond donors (Lipinski definition) is 1. The van der Waals surface area contributed by atoms with Crippen molar-refractivity contribution in [2.24, 2.45) is 0 Å². The minimum Gasteiger partial charge on any atom is -0.328 e. The van der Waals surface area contributed by atoms with Gasteiger partial charge < -0.3 is 5.32 Å². The summed E-state index contributed by atoms with van der Waals surface area (Å²) in [6.07, 6.45) is 0.696. The van der Waals surface area contributed by atoms with Crippen molar-refractivity contribution in [1.29, 1.82) is 0 Å². The molecule has 2 rings (SSSR count). The molecule has 0 fully saturated rings. The van der Waals surface area contributed by atoms with Crippen LogP contribution in [0.3, 0.4) is 0 Å². The average molecular weight is 171 g/mol. The van der Waals surface area contributed by atoms with E-state index in [2.05, 4.69) is 5.32 Å². The zero-order valence-corrected chi connectivity index (χ0v) is 7.03. The van der Waals surface area contributed by atoms with Gasteiger partial charge in [0.15, 0.2) is 0 Å². The summed E-state index contributed by atoms with van der Waals surface area (Å²) in [5, 5.41) is 2.68. The molecule has 2 aliphatic rings. The fourth-order valence-corrected chi connectivity index (χ4v) is 1.41. The van der Waals surface area contributed by atoms with E-state index in [0.717, 1.165) is 16.8 Å². The predicted octanol–water partition coefficient (Wildman–Crippen LogP) is 2.36. The smallest absolute Gasteiger partial charge is 0.211 e. The number of rotatable bonds is 2. The van der Waals surface area contributed by atoms with E-state index in [0.29, 0.717) is 6.41 Å². The Morgan fingerprint density at radius 3 is 2.62 bits per heavy atom. The minimum absolute atomic E-state index is 0.696. The first-order valence-corrected chi connectivity index (χ1v) is 4.10. The van der Waals surface area contributed by atoms with Crippen LogP contribution in [0.25, 0.3) is 11.1 Å². The molecular weight excluding hydrogens is 162 g/mol. The van der Waals surface area contributed by atoms with Gasteiger partial charge in [0, 0.05) is 11.3 Å². The van der Waals surface area contributed by atoms with Crippen LogP contribution in [-0.2, 0) is 4.79 Å². The number of hydrogen-bond acceptors (Lipinski definition) is 1. The second-order valence-corrected chi connectivity index (χ2v) is 2.79. The maximum absolute atomic E-state index is 10.3. The van der Waals surface area contributed by atoms with Crippen LogP contribution in [0.1, 0.15) is 0 Å². The molecule has 0 aromatic carbocycles. The molecule has 64 valence electrons. The molecule has 2 heteroatoms. The lowest BCUT2D eigenvalue weighted by Gasteiger charge is -2.00. The van der Waals surface area contributed by atoms with Crippen molar-refractivity contribution in [2.75, 3.05) is 5.32 Å². The highest BCUT2D eigenvalue weighted by molar-refractivity contribution is 5.85. The second-order valence-electron chi connectivity index (χ2n) is 2.79. The Morgan fingerprint density at radius 2 is 1.77 bits per heavy atom. The minimum atomic E-state index is 0.696. The third-order valence-electron chi connectivity index (χ3n) is 2.00. The number of fused-ring (bicyclic) bond motifs is 1. The van der Waals surface area contributed by atoms with Crippen LogP contribution in [0.4, 0.5) is 5.69 Å². The Kier molecular flexibility index (Phi) is 1.96. The normalized spacial score (nSPS) is 9.85. The van der Waals surface area contributed by atoms with Gasteiger partial charge >= 0.3 is 0 Å². The summed E-state index contributed by atoms with van der Waals surface area (Å²) in [5.74, 6) is 0. The molecule has 1 N–H and O–H groups in total. The number of amides is 1. The number of carbonyl (C=O) groups excluding carboxylic acids is 1. The summed E-state index contributed by atoms with van der Waals surface area (Å²) in [6, 6.07) is 13.7. The molecule has 0 bridgehead atoms. The van der Waals surface area contributed by atoms with Crippen molar-refractivity contribution >= 4 is 12.1 Å². The van der Waals surface area contributed by atoms with Crippen molar-refractivity contribution in [1.82, 2.24) is 0 Å². The van der Waals surface area contributed by atoms with Gasteiger partial charge in [-0.3, -0.25) is 4.79 Å². The van der Waals surface area contributed by atoms with E-state index in [-0.39, 0.29) is 0 Å². The Balaban J connectivity index is 2.59. The molecule has 0 aliphatic heterocycles. The molecule has 0 radical (unpaired) electrons. The average Bonchev–Trinajstić information content (AvgIpc) is 2.52. The summed E-state index contributed by atoms with van der Waals surface area (Å²) >= 11 is 0. The van der Waals surface area contributed by atoms with Crippen LogP contribution in [0.2, 0.25) is 0 Å². The van der Waals surface area contributed by atoms with Crippen molar-refractivity contribution in [3.05, 3.63) is 42.5 Å². The van der Waals surface area contributed by atoms with Gasteiger partial charge in [0.2, 0.25) is 6.41 Å². The lowest BCUT2D eigenvalue weighted by atomic mass is 10.2. The van der Waals surface area contributed by atoms with Gasteiger partial charge in [-0.2, -0.15) is 0 Å². The first kappa shape index (κ1) is 7.80. The molecule has 0 aromatic rings. The Hall–Kier alpha value is -1.83. The first-order valence-electron chi connectivity index (χ1n) is 4.10. The first-order chi connectivity index (χ1) is 6.42. The highest BCUT2D eigenvalue weighted by Crippen LogP contribution is 2.28. The van der Waals surface area contributed by atoms with Crippen molar-refractivity contribution in [3.63, 3.8) is 0 Å². The molecule has 13 heavy (non-hydrogen) atoms. The summed E-state index contributed by atoms with van der Waals surface area (Å²) < 4.78 is 0. The van der Waals surface area contributed by atoms with E-state index >= 15 is 0 Å². The summed E-state index contributed by atoms with van der Waals surface area (Å²) in [4.78, 5) is 10.3. The van der Waals surface area contributed by atoms with E-state index in [1.165, 1.54) is 0 Å². The van der Waals surface area contributed by atoms with Crippen LogP contribution in [0, 0.1) is 0 Å². The number of anilines is 1. The molecule has 0 saturated heterocycles. The molecule has 2 aliphatic carbocycles. The van der Waals surface area contributed by atoms with Gasteiger partial charge in [-0.1, -0.05) is 36.4 Å². The van der Waals surface area contributed by atoms with Gasteiger partial charge in [0.25, 0.3) is 0 Å². The molecule has 0 aromatic heterocycles. The lowest BCUT2D eigenvalue weighted by Crippen LogP contribution is -1.93. The topological polar surface area (TPSA) is 29.1 Å². The fraction of sp³-hybridized carbons (Fsp3) is 0. The van der Waals surface area contributed by atoms with E-state index in [9.17, 15) is 4.79 Å². The van der Waals surface area contributed by atoms with Gasteiger partial charge in [0.1, 0.15) is 0 Å². The van der Waals surface area contributed by atoms with E-state index in [1.54, 1.807) is 0 Å². The van der Waals surface area contributed by atoms with Crippen molar-refractivity contribution in [2.45, 2.75) is 0 Å². The van der Waals surface area contributed by atoms with Crippen LogP contribution in [0.15, 0.2) is 42.5 Å². The van der Waals surface area contributed by atoms with Gasteiger partial charge in [-0.05, 0) is 11.6 Å². The molecule has 0 heterocycles. The molecular formula is C11H9NO. The molecule has 0 unspecified atom stereocenters. The van der Waals surface area contributed by atoms with Gasteiger partial charge in [-0.25, -0.2) is 0 Å². The predicted molar refractivity (Wildman–Crippen MR) is 52.8 cm³/mol. The highest BCUT2D eigenvalue weighted by Gasteiger charge is 2.03. The van der Waals surface area contributed by atoms with Crippen LogP contribution >= 0.6 is 0 Å². The zero-order valence-electron chi connectivity index (χ0n) is 7.03. The van der Waals surface area contributed by atoms with Crippen LogP contribution < -0.4 is 5.32 Å². The van der Waals surface area contributed by atoms with Gasteiger partial charge in [0.05, 0.1) is 0 Å². The standard InChI is InChI=1S/C11H9NO/c13-8-12-11-7-2-1-4-9-5-3-6-10(9)11/h1-8H,(H,12,13). The highest BCUT2D eigenvalue weighted by atomic mass is 16.1. The number of carbonyl (C=O) groups is 1. The Labute approximate surface area is 76.5 Å². The van der Waals surface area contributed by atoms with E-state index in [1.807, 2.05) is 42.5 Å². The Bertz CT molecular complexity index is 397. The van der Waals surface area contributed by atoms with E-state index < -0.39 is 0 Å². The molecule has 2 nitrogen and oxygen atoms in total. The van der Waals surface area contributed by atoms with Crippen LogP contribution in [0.5, 0.6) is 0 Å². The maximum Gasteiger partial charge on any atom is 0.211 e. The Morgan fingerprint density at radius 1 is 1.00 bits per heavy atom. The van der Waals surface area contributed by atoms with Gasteiger partial charge in [-0.15, -0.1) is 0 Å². The summed E-state index contributed by atoms with van der Waals surface area (Å²) in [5.41, 5.74) is 3.05. The maximum atomic E-state index is 10.3. The van der Waals surface area contributed by atoms with E-state index in [4.69, 9.17) is 0 Å². The molecule has 1 amide bonds. The largest absolute Gasteiger partial charge is 0.328 e. The second kappa shape index (κ2) is 3.27. The fourth-order valence-electron chi connectivity index (χ4n) is 1.41.